The lowest BCUT2D eigenvalue weighted by Gasteiger charge is -2.30. The molecule has 3 fully saturated rings. The van der Waals surface area contributed by atoms with Crippen molar-refractivity contribution in [3.63, 3.8) is 0 Å². The van der Waals surface area contributed by atoms with Gasteiger partial charge in [-0.15, -0.1) is 45.3 Å². The Hall–Kier alpha value is -8.76. The van der Waals surface area contributed by atoms with Crippen molar-refractivity contribution in [1.29, 1.82) is 0 Å². The fourth-order valence-corrected chi connectivity index (χ4v) is 17.1. The lowest BCUT2D eigenvalue weighted by molar-refractivity contribution is -0.141. The van der Waals surface area contributed by atoms with E-state index in [1.165, 1.54) is 22.4 Å². The van der Waals surface area contributed by atoms with Crippen LogP contribution in [0.4, 0.5) is 0 Å². The van der Waals surface area contributed by atoms with Crippen LogP contribution in [0.15, 0.2) is 130 Å². The lowest BCUT2D eigenvalue weighted by Crippen LogP contribution is -2.48. The molecule has 3 saturated heterocycles. The minimum atomic E-state index is -0.928. The number of hydrogen-bond acceptors (Lipinski definition) is 20. The van der Waals surface area contributed by atoms with Gasteiger partial charge >= 0.3 is 0 Å². The van der Waals surface area contributed by atoms with E-state index in [1.807, 2.05) is 169 Å². The number of amides is 6. The second-order valence-electron chi connectivity index (χ2n) is 27.6. The molecular weight excluding hydrogens is 1370 g/mol. The van der Waals surface area contributed by atoms with E-state index in [-0.39, 0.29) is 125 Å². The molecule has 9 aromatic rings. The second kappa shape index (κ2) is 32.7. The van der Waals surface area contributed by atoms with Crippen LogP contribution in [0.5, 0.6) is 0 Å². The predicted octanol–water partition coefficient (Wildman–Crippen LogP) is 11.3. The molecule has 0 saturated carbocycles. The van der Waals surface area contributed by atoms with E-state index in [0.717, 1.165) is 70.7 Å². The average molecular weight is 1460 g/mol. The maximum atomic E-state index is 15.4. The topological polar surface area (TPSA) is 277 Å². The zero-order chi connectivity index (χ0) is 71.9. The summed E-state index contributed by atoms with van der Waals surface area (Å²) < 4.78 is 19.4. The van der Waals surface area contributed by atoms with E-state index >= 15 is 4.79 Å². The molecule has 6 aromatic heterocycles. The Labute approximate surface area is 609 Å². The Balaban J connectivity index is 0.715. The number of aliphatic hydroxyl groups is 1. The normalized spacial score (nSPS) is 19.2. The summed E-state index contributed by atoms with van der Waals surface area (Å²) in [5, 5.41) is 22.6. The molecule has 0 aliphatic carbocycles. The Morgan fingerprint density at radius 3 is 1.39 bits per heavy atom. The molecule has 3 aliphatic heterocycles. The van der Waals surface area contributed by atoms with E-state index in [4.69, 9.17) is 18.9 Å². The van der Waals surface area contributed by atoms with Gasteiger partial charge in [0.15, 0.2) is 0 Å². The van der Waals surface area contributed by atoms with Crippen molar-refractivity contribution < 1.29 is 47.8 Å². The van der Waals surface area contributed by atoms with Gasteiger partial charge in [0.1, 0.15) is 41.4 Å². The van der Waals surface area contributed by atoms with Crippen LogP contribution in [0.2, 0.25) is 0 Å². The van der Waals surface area contributed by atoms with Crippen LogP contribution >= 0.6 is 45.3 Å². The summed E-state index contributed by atoms with van der Waals surface area (Å²) in [6.45, 7) is 18.4. The van der Waals surface area contributed by atoms with Gasteiger partial charge in [-0.25, -0.2) is 24.9 Å². The number of thiazole rings is 4. The number of aromatic nitrogens is 6. The molecule has 26 heteroatoms. The van der Waals surface area contributed by atoms with Crippen LogP contribution in [-0.2, 0) is 71.1 Å². The van der Waals surface area contributed by atoms with Gasteiger partial charge in [-0.05, 0) is 83.5 Å². The number of hydrogen-bond donors (Lipinski definition) is 4. The van der Waals surface area contributed by atoms with Crippen molar-refractivity contribution in [3.8, 4) is 31.3 Å². The van der Waals surface area contributed by atoms with Crippen LogP contribution in [-0.4, -0.2) is 141 Å². The summed E-state index contributed by atoms with van der Waals surface area (Å²) in [5.41, 5.74) is 15.3. The highest BCUT2D eigenvalue weighted by atomic mass is 32.1. The molecule has 6 amide bonds. The molecule has 4 N–H and O–H groups in total. The van der Waals surface area contributed by atoms with Gasteiger partial charge in [0, 0.05) is 76.3 Å². The van der Waals surface area contributed by atoms with Gasteiger partial charge in [-0.3, -0.25) is 33.8 Å². The number of aliphatic hydroxyl groups excluding tert-OH is 1. The quantitative estimate of drug-likeness (QED) is 0.0372. The van der Waals surface area contributed by atoms with E-state index in [9.17, 15) is 29.1 Å². The van der Waals surface area contributed by atoms with Crippen LogP contribution in [0.3, 0.4) is 0 Å². The molecule has 534 valence electrons. The second-order valence-corrected chi connectivity index (χ2v) is 31.1. The van der Waals surface area contributed by atoms with Crippen LogP contribution < -0.4 is 16.0 Å². The predicted molar refractivity (Wildman–Crippen MR) is 392 cm³/mol. The van der Waals surface area contributed by atoms with Gasteiger partial charge in [-0.2, -0.15) is 0 Å². The molecule has 3 aromatic carbocycles. The van der Waals surface area contributed by atoms with Crippen molar-refractivity contribution in [2.75, 3.05) is 19.6 Å². The minimum Gasteiger partial charge on any atom is -0.442 e. The number of rotatable bonds is 27. The summed E-state index contributed by atoms with van der Waals surface area (Å²) in [6.07, 6.45) is 3.30. The molecule has 0 unspecified atom stereocenters. The molecular formula is C76H86N12O10S4. The maximum Gasteiger partial charge on any atom is 0.243 e. The van der Waals surface area contributed by atoms with Crippen molar-refractivity contribution in [2.24, 2.45) is 17.8 Å². The number of aryl methyl sites for hydroxylation is 3. The number of pyridine rings is 1. The maximum absolute atomic E-state index is 15.4. The number of benzene rings is 3. The third-order valence-electron chi connectivity index (χ3n) is 19.3. The molecule has 0 bridgehead atoms. The summed E-state index contributed by atoms with van der Waals surface area (Å²) in [6, 6.07) is 24.9. The van der Waals surface area contributed by atoms with E-state index < -0.39 is 60.1 Å². The number of oxazole rings is 1. The van der Waals surface area contributed by atoms with Crippen molar-refractivity contribution in [1.82, 2.24) is 60.6 Å². The summed E-state index contributed by atoms with van der Waals surface area (Å²) in [4.78, 5) is 123. The SMILES string of the molecule is Cc1ncsc1-c1ccc(CNC(=O)[C@@H]2C[C@@H](OCc3nc([C@H](C(=O)N4C[C@H](OCc5cnc([C@H](C(=O)N6C[C@H](O)C[C@H]6C(=O)NCc6ccc(-c7scnc7C)cc6)C(C)C)o5)C[C@H]4C(=O)NCc4ccc(-c5scnc5C)cc4)C(C)C)cs3)CN2C(=O)[C@@H](c2cccnc2)C(C)C)cc1. The smallest absolute Gasteiger partial charge is 0.243 e. The highest BCUT2D eigenvalue weighted by molar-refractivity contribution is 7.14. The first-order valence-corrected chi connectivity index (χ1v) is 38.1. The van der Waals surface area contributed by atoms with Gasteiger partial charge in [0.25, 0.3) is 0 Å². The number of ether oxygens (including phenoxy) is 2. The molecule has 0 spiro atoms. The molecule has 12 rings (SSSR count). The third kappa shape index (κ3) is 16.8. The highest BCUT2D eigenvalue weighted by Crippen LogP contribution is 2.38. The molecule has 22 nitrogen and oxygen atoms in total. The van der Waals surface area contributed by atoms with Gasteiger partial charge in [0.2, 0.25) is 41.3 Å². The monoisotopic (exact) mass is 1450 g/mol. The minimum absolute atomic E-state index is 0.0334. The molecule has 102 heavy (non-hydrogen) atoms. The fourth-order valence-electron chi connectivity index (χ4n) is 13.9. The summed E-state index contributed by atoms with van der Waals surface area (Å²) in [5.74, 6) is -4.36. The number of carbonyl (C=O) groups is 6. The first kappa shape index (κ1) is 73.0. The van der Waals surface area contributed by atoms with Crippen LogP contribution in [0, 0.1) is 38.5 Å². The lowest BCUT2D eigenvalue weighted by atomic mass is 9.88. The van der Waals surface area contributed by atoms with E-state index in [1.54, 1.807) is 56.2 Å². The van der Waals surface area contributed by atoms with E-state index in [2.05, 4.69) is 40.9 Å². The van der Waals surface area contributed by atoms with Crippen molar-refractivity contribution >= 4 is 80.8 Å². The highest BCUT2D eigenvalue weighted by Gasteiger charge is 2.47. The zero-order valence-corrected chi connectivity index (χ0v) is 61.9. The first-order valence-electron chi connectivity index (χ1n) is 34.6. The van der Waals surface area contributed by atoms with E-state index in [0.29, 0.717) is 16.5 Å². The molecule has 9 heterocycles. The van der Waals surface area contributed by atoms with Crippen LogP contribution in [0.25, 0.3) is 31.3 Å². The number of nitrogens with one attached hydrogen (secondary N) is 3. The average Bonchev–Trinajstić information content (AvgIpc) is 1.64. The van der Waals surface area contributed by atoms with Gasteiger partial charge in [0.05, 0.1) is 96.9 Å². The molecule has 9 atom stereocenters. The van der Waals surface area contributed by atoms with Gasteiger partial charge < -0.3 is 49.6 Å². The fraction of sp³-hybridized carbons (Fsp3) is 0.421. The van der Waals surface area contributed by atoms with Crippen LogP contribution in [0.1, 0.15) is 140 Å². The molecule has 3 aliphatic rings. The van der Waals surface area contributed by atoms with Gasteiger partial charge in [-0.1, -0.05) is 120 Å². The van der Waals surface area contributed by atoms with Crippen molar-refractivity contribution in [3.05, 3.63) is 187 Å². The standard InChI is InChI=1S/C76H86N12O10S4/c1-42(2)64(54-11-10-24-77-31-54)74(93)87-35-57(27-61(87)71(91)79-29-49-14-20-52(21-15-49)68-46(8)83-40-101-68)97-37-63-85-59(38-99-63)65(43(3)4)75(94)88-34-56(26-62(88)72(92)80-30-50-16-22-53(23-17-50)69-47(9)84-41-102-69)96-36-58-32-81-73(98-58)66(44(5)6)76(95)86-33-55(89)25-60(86)70(90)78-28-48-12-18-51(19-13-48)67-45(7)82-39-100-67/h10-24,31-32,38-44,55-57,60-62,64-66,89H,25-30,33-37H2,1-9H3,(H,78,90)(H,79,91)(H,80,92)/t55-,56-,57-,60+,61+,62+,64-,65-,66-/m1/s1. The summed E-state index contributed by atoms with van der Waals surface area (Å²) in [7, 11) is 0. The Morgan fingerprint density at radius 2 is 0.961 bits per heavy atom. The number of nitrogens with zero attached hydrogens (tertiary/aromatic N) is 9. The Morgan fingerprint density at radius 1 is 0.529 bits per heavy atom. The first-order chi connectivity index (χ1) is 49.2. The third-order valence-corrected chi connectivity index (χ3v) is 23.1. The van der Waals surface area contributed by atoms with Crippen molar-refractivity contribution in [2.45, 2.75) is 169 Å². The summed E-state index contributed by atoms with van der Waals surface area (Å²) >= 11 is 6.05. The zero-order valence-electron chi connectivity index (χ0n) is 58.6. The largest absolute Gasteiger partial charge is 0.442 e. The Bertz CT molecular complexity index is 4380. The number of likely N-dealkylation sites (tertiary alicyclic amines) is 3. The number of β-amino-alcohol motifs (C(OH)–C–C–N with tert-alkyl or cyclic N) is 1. The Kier molecular flexibility index (Phi) is 23.4. The molecule has 0 radical (unpaired) electrons. The number of carbonyl (C=O) groups excluding carboxylic acids is 6.